The van der Waals surface area contributed by atoms with Crippen molar-refractivity contribution in [3.63, 3.8) is 0 Å². The van der Waals surface area contributed by atoms with E-state index < -0.39 is 57.2 Å². The fourth-order valence-electron chi connectivity index (χ4n) is 5.81. The normalized spacial score (nSPS) is 22.9. The molecule has 1 aromatic carbocycles. The second kappa shape index (κ2) is 13.3. The molecule has 2 amide bonds. The van der Waals surface area contributed by atoms with Crippen molar-refractivity contribution < 1.29 is 46.3 Å². The van der Waals surface area contributed by atoms with Gasteiger partial charge in [-0.2, -0.15) is 13.5 Å². The van der Waals surface area contributed by atoms with E-state index in [0.717, 1.165) is 48.1 Å². The highest BCUT2D eigenvalue weighted by molar-refractivity contribution is 7.80. The van der Waals surface area contributed by atoms with Crippen LogP contribution in [0.1, 0.15) is 76.1 Å². The molecule has 48 heavy (non-hydrogen) atoms. The second-order valence-corrected chi connectivity index (χ2v) is 14.4. The summed E-state index contributed by atoms with van der Waals surface area (Å²) in [6.45, 7) is 4.00. The van der Waals surface area contributed by atoms with Gasteiger partial charge in [-0.25, -0.2) is 9.78 Å². The molecule has 17 nitrogen and oxygen atoms in total. The molecule has 260 valence electrons. The van der Waals surface area contributed by atoms with Gasteiger partial charge >= 0.3 is 16.4 Å². The van der Waals surface area contributed by atoms with Gasteiger partial charge < -0.3 is 31.5 Å². The molecule has 7 N–H and O–H groups in total. The Kier molecular flexibility index (Phi) is 9.69. The number of carbonyl (C=O) groups excluding carboxylic acids is 2. The number of nitrogens with two attached hydrogens (primary N) is 2. The first-order chi connectivity index (χ1) is 22.5. The summed E-state index contributed by atoms with van der Waals surface area (Å²) >= 11 is 0.971. The lowest BCUT2D eigenvalue weighted by molar-refractivity contribution is -0.218. The number of oxime groups is 1. The number of carbonyl (C=O) groups is 3. The third-order valence-corrected chi connectivity index (χ3v) is 9.68. The number of fused-ring (bicyclic) bond motifs is 1. The minimum Gasteiger partial charge on any atom is -0.485 e. The molecular formula is C29H37N7O10S2. The highest BCUT2D eigenvalue weighted by Gasteiger charge is 2.58. The van der Waals surface area contributed by atoms with E-state index in [1.165, 1.54) is 32.6 Å². The van der Waals surface area contributed by atoms with Crippen molar-refractivity contribution in [1.82, 2.24) is 15.4 Å². The number of amides is 2. The molecule has 2 fully saturated rings. The molecule has 3 heterocycles. The average Bonchev–Trinajstić information content (AvgIpc) is 3.47. The first kappa shape index (κ1) is 35.0. The summed E-state index contributed by atoms with van der Waals surface area (Å²) in [5.74, 6) is -2.54. The van der Waals surface area contributed by atoms with Crippen LogP contribution < -0.4 is 21.5 Å². The van der Waals surface area contributed by atoms with E-state index in [1.54, 1.807) is 12.1 Å². The second-order valence-electron chi connectivity index (χ2n) is 12.5. The molecule has 0 spiro atoms. The molecule has 3 atom stereocenters. The van der Waals surface area contributed by atoms with Crippen molar-refractivity contribution in [2.45, 2.75) is 95.0 Å². The van der Waals surface area contributed by atoms with Gasteiger partial charge in [-0.3, -0.25) is 19.1 Å². The Labute approximate surface area is 280 Å². The molecule has 2 aliphatic heterocycles. The molecular weight excluding hydrogens is 670 g/mol. The number of thiazole rings is 1. The number of carboxylic acids is 1. The number of nitrogens with one attached hydrogen (secondary N) is 1. The first-order valence-corrected chi connectivity index (χ1v) is 17.4. The number of anilines is 1. The maximum atomic E-state index is 13.4. The smallest absolute Gasteiger partial charge is 0.418 e. The highest BCUT2D eigenvalue weighted by atomic mass is 32.3. The van der Waals surface area contributed by atoms with Gasteiger partial charge in [0.2, 0.25) is 0 Å². The van der Waals surface area contributed by atoms with Crippen molar-refractivity contribution in [3.05, 3.63) is 40.4 Å². The fourth-order valence-corrected chi connectivity index (χ4v) is 6.82. The van der Waals surface area contributed by atoms with Crippen LogP contribution in [0, 0.1) is 0 Å². The number of amidine groups is 1. The van der Waals surface area contributed by atoms with E-state index in [2.05, 4.69) is 19.7 Å². The number of nitrogen functional groups attached to an aromatic ring is 1. The first-order valence-electron chi connectivity index (χ1n) is 15.2. The molecule has 0 bridgehead atoms. The van der Waals surface area contributed by atoms with Crippen LogP contribution in [0.25, 0.3) is 0 Å². The number of carboxylic acid groups (broad SMARTS) is 1. The number of hydrogen-bond acceptors (Lipinski definition) is 13. The number of β-lactam (4-membered cyclic amide) rings is 1. The van der Waals surface area contributed by atoms with Crippen LogP contribution in [0.3, 0.4) is 0 Å². The van der Waals surface area contributed by atoms with Crippen molar-refractivity contribution in [1.29, 1.82) is 0 Å². The summed E-state index contributed by atoms with van der Waals surface area (Å²) in [5, 5.41) is 18.4. The zero-order valence-corrected chi connectivity index (χ0v) is 28.0. The number of aliphatic carboxylic acids is 1. The quantitative estimate of drug-likeness (QED) is 0.0731. The Bertz CT molecular complexity index is 1770. The minimum atomic E-state index is -5.02. The van der Waals surface area contributed by atoms with E-state index >= 15 is 0 Å². The molecule has 1 aliphatic carbocycles. The van der Waals surface area contributed by atoms with Crippen LogP contribution in [0.2, 0.25) is 0 Å². The Morgan fingerprint density at radius 2 is 1.94 bits per heavy atom. The molecule has 0 radical (unpaired) electrons. The van der Waals surface area contributed by atoms with E-state index in [9.17, 15) is 27.9 Å². The van der Waals surface area contributed by atoms with E-state index in [1.807, 2.05) is 6.07 Å². The molecule has 1 aromatic heterocycles. The number of ether oxygens (including phenoxy) is 1. The number of aryl methyl sites for hydroxylation is 1. The Balaban J connectivity index is 1.35. The van der Waals surface area contributed by atoms with Crippen LogP contribution in [-0.2, 0) is 40.3 Å². The van der Waals surface area contributed by atoms with Gasteiger partial charge in [0.05, 0.1) is 11.6 Å². The Morgan fingerprint density at radius 3 is 2.54 bits per heavy atom. The number of hydrogen-bond donors (Lipinski definition) is 5. The van der Waals surface area contributed by atoms with Crippen LogP contribution in [-0.4, -0.2) is 86.8 Å². The predicted molar refractivity (Wildman–Crippen MR) is 172 cm³/mol. The SMILES string of the molecule is CC1(C)[C@H](NC(=O)/C(=N\O[C@](C)(C(=O)O)[C@H]2CCc3cc(C(N)=NC4CCCCC4)ccc3O2)c2csc(N)n2)C(=O)N1OS(=O)(=O)O. The van der Waals surface area contributed by atoms with Crippen LogP contribution >= 0.6 is 11.3 Å². The largest absolute Gasteiger partial charge is 0.485 e. The Morgan fingerprint density at radius 1 is 1.23 bits per heavy atom. The minimum absolute atomic E-state index is 0.0651. The fraction of sp³-hybridized carbons (Fsp3) is 0.517. The average molecular weight is 708 g/mol. The lowest BCUT2D eigenvalue weighted by atomic mass is 9.84. The van der Waals surface area contributed by atoms with Crippen molar-refractivity contribution in [2.24, 2.45) is 15.9 Å². The van der Waals surface area contributed by atoms with Gasteiger partial charge in [-0.1, -0.05) is 24.4 Å². The third-order valence-electron chi connectivity index (χ3n) is 8.66. The van der Waals surface area contributed by atoms with Crippen molar-refractivity contribution in [3.8, 4) is 5.75 Å². The van der Waals surface area contributed by atoms with E-state index in [-0.39, 0.29) is 23.3 Å². The summed E-state index contributed by atoms with van der Waals surface area (Å²) in [6.07, 6.45) is 5.08. The summed E-state index contributed by atoms with van der Waals surface area (Å²) in [5.41, 5.74) is 9.53. The van der Waals surface area contributed by atoms with Crippen molar-refractivity contribution in [2.75, 3.05) is 5.73 Å². The lowest BCUT2D eigenvalue weighted by Gasteiger charge is -2.50. The Hall–Kier alpha value is -4.33. The predicted octanol–water partition coefficient (Wildman–Crippen LogP) is 1.56. The monoisotopic (exact) mass is 707 g/mol. The molecule has 0 unspecified atom stereocenters. The number of aliphatic imine (C=N–C) groups is 1. The molecule has 19 heteroatoms. The standard InChI is InChI=1S/C29H37N7O10S2/c1-28(2)22(25(38)36(28)46-48(41,42)43)34-24(37)21(18-14-47-27(31)33-18)35-45-29(3,26(39)40)20-12-10-15-13-16(9-11-19(15)44-20)23(30)32-17-7-5-4-6-8-17/h9,11,13-14,17,20,22H,4-8,10,12H2,1-3H3,(H2,30,32)(H2,31,33)(H,34,37)(H,39,40)(H,41,42,43)/b35-21-/t20-,22-,29+/m1/s1. The summed E-state index contributed by atoms with van der Waals surface area (Å²) in [7, 11) is -5.02. The third kappa shape index (κ3) is 7.23. The number of nitrogens with zero attached hydrogens (tertiary/aromatic N) is 4. The van der Waals surface area contributed by atoms with Crippen LogP contribution in [0.5, 0.6) is 5.75 Å². The summed E-state index contributed by atoms with van der Waals surface area (Å²) in [6, 6.07) is 4.22. The maximum absolute atomic E-state index is 13.4. The van der Waals surface area contributed by atoms with Crippen LogP contribution in [0.4, 0.5) is 5.13 Å². The molecule has 2 aromatic rings. The van der Waals surface area contributed by atoms with Gasteiger partial charge in [0.25, 0.3) is 17.4 Å². The van der Waals surface area contributed by atoms with E-state index in [0.29, 0.717) is 23.1 Å². The lowest BCUT2D eigenvalue weighted by Crippen LogP contribution is -2.76. The van der Waals surface area contributed by atoms with Crippen LogP contribution in [0.15, 0.2) is 33.7 Å². The van der Waals surface area contributed by atoms with E-state index in [4.69, 9.17) is 30.6 Å². The number of rotatable bonds is 11. The number of aromatic nitrogens is 1. The molecule has 5 rings (SSSR count). The summed E-state index contributed by atoms with van der Waals surface area (Å²) in [4.78, 5) is 53.0. The number of benzene rings is 1. The molecule has 1 saturated carbocycles. The van der Waals surface area contributed by atoms with Crippen molar-refractivity contribution >= 4 is 56.2 Å². The summed E-state index contributed by atoms with van der Waals surface area (Å²) < 4.78 is 41.7. The van der Waals surface area contributed by atoms with Gasteiger partial charge in [0, 0.05) is 10.9 Å². The highest BCUT2D eigenvalue weighted by Crippen LogP contribution is 2.35. The van der Waals surface area contributed by atoms with Gasteiger partial charge in [-0.05, 0) is 70.2 Å². The zero-order valence-electron chi connectivity index (χ0n) is 26.4. The van der Waals surface area contributed by atoms with Gasteiger partial charge in [-0.15, -0.1) is 15.6 Å². The van der Waals surface area contributed by atoms with Gasteiger partial charge in [0.15, 0.2) is 16.9 Å². The number of hydroxylamine groups is 2. The maximum Gasteiger partial charge on any atom is 0.418 e. The topological polar surface area (TPSA) is 258 Å². The zero-order chi connectivity index (χ0) is 35.0. The molecule has 3 aliphatic rings. The van der Waals surface area contributed by atoms with Gasteiger partial charge in [0.1, 0.15) is 23.3 Å². The molecule has 1 saturated heterocycles.